The van der Waals surface area contributed by atoms with Crippen LogP contribution in [0.2, 0.25) is 0 Å². The number of hydrogen-bond donors (Lipinski definition) is 0. The van der Waals surface area contributed by atoms with Crippen LogP contribution in [0.15, 0.2) is 72.8 Å². The van der Waals surface area contributed by atoms with Crippen molar-refractivity contribution in [3.05, 3.63) is 112 Å². The third-order valence-electron chi connectivity index (χ3n) is 8.56. The molecule has 4 heteroatoms. The molecule has 7 rings (SSSR count). The van der Waals surface area contributed by atoms with Crippen molar-refractivity contribution in [2.45, 2.75) is 40.0 Å². The van der Waals surface area contributed by atoms with Gasteiger partial charge in [-0.05, 0) is 72.4 Å². The average molecular weight is 534 g/mol. The summed E-state index contributed by atoms with van der Waals surface area (Å²) in [6.07, 6.45) is 0. The van der Waals surface area contributed by atoms with Crippen molar-refractivity contribution in [1.29, 1.82) is 10.5 Å². The summed E-state index contributed by atoms with van der Waals surface area (Å²) >= 11 is 1.78. The molecule has 0 spiro atoms. The van der Waals surface area contributed by atoms with Crippen LogP contribution in [0.3, 0.4) is 0 Å². The third kappa shape index (κ3) is 3.15. The van der Waals surface area contributed by atoms with Gasteiger partial charge in [0.2, 0.25) is 0 Å². The zero-order chi connectivity index (χ0) is 27.9. The van der Waals surface area contributed by atoms with Gasteiger partial charge in [-0.2, -0.15) is 10.5 Å². The van der Waals surface area contributed by atoms with Crippen LogP contribution in [0.5, 0.6) is 0 Å². The lowest BCUT2D eigenvalue weighted by Crippen LogP contribution is -2.26. The van der Waals surface area contributed by atoms with Crippen LogP contribution in [0.4, 0.5) is 0 Å². The Morgan fingerprint density at radius 1 is 0.750 bits per heavy atom. The van der Waals surface area contributed by atoms with Crippen LogP contribution in [0.25, 0.3) is 48.4 Å². The van der Waals surface area contributed by atoms with Crippen LogP contribution >= 0.6 is 11.3 Å². The molecule has 4 aromatic carbocycles. The first kappa shape index (κ1) is 24.4. The molecule has 3 heterocycles. The lowest BCUT2D eigenvalue weighted by molar-refractivity contribution is 0.630. The van der Waals surface area contributed by atoms with Gasteiger partial charge in [0.1, 0.15) is 17.0 Å². The number of para-hydroxylation sites is 2. The van der Waals surface area contributed by atoms with E-state index >= 15 is 0 Å². The minimum atomic E-state index is -0.125. The molecule has 2 aromatic heterocycles. The molecule has 192 valence electrons. The molecule has 0 saturated heterocycles. The van der Waals surface area contributed by atoms with Crippen LogP contribution in [0, 0.1) is 43.4 Å². The molecule has 0 aliphatic carbocycles. The molecule has 6 aromatic rings. The summed E-state index contributed by atoms with van der Waals surface area (Å²) in [6.45, 7) is 11.2. The highest BCUT2D eigenvalue weighted by Gasteiger charge is 2.36. The highest BCUT2D eigenvalue weighted by Crippen LogP contribution is 2.55. The fourth-order valence-electron chi connectivity index (χ4n) is 6.88. The number of aryl methyl sites for hydroxylation is 3. The van der Waals surface area contributed by atoms with Crippen LogP contribution in [0.1, 0.15) is 52.8 Å². The Balaban J connectivity index is 1.71. The van der Waals surface area contributed by atoms with Crippen molar-refractivity contribution in [2.75, 3.05) is 0 Å². The summed E-state index contributed by atoms with van der Waals surface area (Å²) in [7, 11) is 0. The van der Waals surface area contributed by atoms with E-state index in [1.807, 2.05) is 12.1 Å². The van der Waals surface area contributed by atoms with E-state index in [0.29, 0.717) is 11.1 Å². The molecule has 0 saturated carbocycles. The van der Waals surface area contributed by atoms with Gasteiger partial charge in [0.25, 0.3) is 0 Å². The Morgan fingerprint density at radius 3 is 2.17 bits per heavy atom. The van der Waals surface area contributed by atoms with E-state index in [9.17, 15) is 10.5 Å². The zero-order valence-corrected chi connectivity index (χ0v) is 24.0. The summed E-state index contributed by atoms with van der Waals surface area (Å²) in [4.78, 5) is 2.33. The third-order valence-corrected chi connectivity index (χ3v) is 9.79. The quantitative estimate of drug-likeness (QED) is 0.222. The Labute approximate surface area is 238 Å². The standard InChI is InChI=1S/C36H27N3S/c1-20-15-21(2)30(22(3)16-20)32-31-26-9-8-11-28-33(26)39(29-12-7-6-10-27(29)36(28,4)5)35(31)40-34(32)23-13-14-24(18-37)25(17-23)19-38/h6-17H,1-5H3. The van der Waals surface area contributed by atoms with Gasteiger partial charge < -0.3 is 4.57 Å². The number of nitrogens with zero attached hydrogens (tertiary/aromatic N) is 3. The van der Waals surface area contributed by atoms with Crippen LogP contribution in [-0.2, 0) is 5.41 Å². The number of hydrogen-bond acceptors (Lipinski definition) is 3. The first-order valence-corrected chi connectivity index (χ1v) is 14.3. The second-order valence-electron chi connectivity index (χ2n) is 11.4. The maximum atomic E-state index is 9.84. The van der Waals surface area contributed by atoms with Gasteiger partial charge in [-0.1, -0.05) is 74.0 Å². The van der Waals surface area contributed by atoms with Crippen molar-refractivity contribution in [3.63, 3.8) is 0 Å². The Hall–Kier alpha value is -4.64. The number of aromatic nitrogens is 1. The lowest BCUT2D eigenvalue weighted by Gasteiger charge is -2.34. The van der Waals surface area contributed by atoms with E-state index in [1.54, 1.807) is 17.4 Å². The second kappa shape index (κ2) is 8.43. The van der Waals surface area contributed by atoms with E-state index in [4.69, 9.17) is 0 Å². The molecule has 0 fully saturated rings. The highest BCUT2D eigenvalue weighted by atomic mass is 32.1. The predicted octanol–water partition coefficient (Wildman–Crippen LogP) is 9.49. The van der Waals surface area contributed by atoms with E-state index in [1.165, 1.54) is 65.8 Å². The maximum Gasteiger partial charge on any atom is 0.109 e. The maximum absolute atomic E-state index is 9.84. The summed E-state index contributed by atoms with van der Waals surface area (Å²) in [5.74, 6) is 0. The molecule has 1 aliphatic rings. The molecule has 40 heavy (non-hydrogen) atoms. The molecule has 0 unspecified atom stereocenters. The summed E-state index contributed by atoms with van der Waals surface area (Å²) < 4.78 is 2.46. The van der Waals surface area contributed by atoms with Crippen molar-refractivity contribution in [3.8, 4) is 39.4 Å². The first-order valence-electron chi connectivity index (χ1n) is 13.5. The van der Waals surface area contributed by atoms with Gasteiger partial charge in [0, 0.05) is 26.6 Å². The summed E-state index contributed by atoms with van der Waals surface area (Å²) in [5, 5.41) is 21.9. The molecule has 0 atom stereocenters. The fourth-order valence-corrected chi connectivity index (χ4v) is 8.22. The smallest absolute Gasteiger partial charge is 0.109 e. The van der Waals surface area contributed by atoms with Crippen molar-refractivity contribution in [1.82, 2.24) is 4.57 Å². The number of thiophene rings is 1. The molecule has 0 bridgehead atoms. The second-order valence-corrected chi connectivity index (χ2v) is 12.4. The molecule has 3 nitrogen and oxygen atoms in total. The Morgan fingerprint density at radius 2 is 1.45 bits per heavy atom. The monoisotopic (exact) mass is 533 g/mol. The minimum absolute atomic E-state index is 0.125. The van der Waals surface area contributed by atoms with Gasteiger partial charge in [-0.3, -0.25) is 0 Å². The van der Waals surface area contributed by atoms with Crippen molar-refractivity contribution < 1.29 is 0 Å². The molecular formula is C36H27N3S. The van der Waals surface area contributed by atoms with Gasteiger partial charge in [-0.15, -0.1) is 11.3 Å². The van der Waals surface area contributed by atoms with Crippen LogP contribution in [-0.4, -0.2) is 4.57 Å². The molecule has 0 radical (unpaired) electrons. The number of fused-ring (bicyclic) bond motifs is 5. The van der Waals surface area contributed by atoms with E-state index in [-0.39, 0.29) is 5.41 Å². The number of rotatable bonds is 2. The summed E-state index contributed by atoms with van der Waals surface area (Å²) in [6, 6.07) is 30.1. The normalized spacial score (nSPS) is 13.3. The largest absolute Gasteiger partial charge is 0.300 e. The first-order chi connectivity index (χ1) is 19.3. The SMILES string of the molecule is Cc1cc(C)c(-c2c(-c3ccc(C#N)c(C#N)c3)sc3c2c2cccc4c2n3-c2ccccc2C4(C)C)c(C)c1. The Kier molecular flexibility index (Phi) is 5.14. The molecule has 1 aliphatic heterocycles. The highest BCUT2D eigenvalue weighted by molar-refractivity contribution is 7.23. The van der Waals surface area contributed by atoms with Gasteiger partial charge in [-0.25, -0.2) is 0 Å². The molecule has 0 amide bonds. The van der Waals surface area contributed by atoms with E-state index < -0.39 is 0 Å². The fraction of sp³-hybridized carbons (Fsp3) is 0.167. The lowest BCUT2D eigenvalue weighted by atomic mass is 9.74. The van der Waals surface area contributed by atoms with E-state index in [0.717, 1.165) is 10.4 Å². The van der Waals surface area contributed by atoms with Crippen molar-refractivity contribution >= 4 is 32.5 Å². The van der Waals surface area contributed by atoms with Crippen molar-refractivity contribution in [2.24, 2.45) is 0 Å². The van der Waals surface area contributed by atoms with Gasteiger partial charge >= 0.3 is 0 Å². The minimum Gasteiger partial charge on any atom is -0.300 e. The molecule has 0 N–H and O–H groups in total. The van der Waals surface area contributed by atoms with Gasteiger partial charge in [0.15, 0.2) is 0 Å². The molecular weight excluding hydrogens is 506 g/mol. The summed E-state index contributed by atoms with van der Waals surface area (Å²) in [5.41, 5.74) is 13.0. The number of nitriles is 2. The van der Waals surface area contributed by atoms with Crippen LogP contribution < -0.4 is 0 Å². The Bertz CT molecular complexity index is 2120. The average Bonchev–Trinajstić information content (AvgIpc) is 3.47. The van der Waals surface area contributed by atoms with E-state index in [2.05, 4.69) is 106 Å². The van der Waals surface area contributed by atoms with Gasteiger partial charge in [0.05, 0.1) is 22.3 Å². The topological polar surface area (TPSA) is 52.5 Å². The number of benzene rings is 4. The predicted molar refractivity (Wildman–Crippen MR) is 165 cm³/mol. The zero-order valence-electron chi connectivity index (χ0n) is 23.2.